The van der Waals surface area contributed by atoms with E-state index < -0.39 is 11.7 Å². The first-order valence-electron chi connectivity index (χ1n) is 5.79. The summed E-state index contributed by atoms with van der Waals surface area (Å²) in [6, 6.07) is 3.71. The van der Waals surface area contributed by atoms with Gasteiger partial charge in [0, 0.05) is 24.4 Å². The van der Waals surface area contributed by atoms with Gasteiger partial charge in [-0.3, -0.25) is 9.59 Å². The first-order chi connectivity index (χ1) is 8.99. The molecule has 0 atom stereocenters. The molecule has 2 rings (SSSR count). The summed E-state index contributed by atoms with van der Waals surface area (Å²) in [5.74, 6) is -1.84. The minimum absolute atomic E-state index is 0.242. The lowest BCUT2D eigenvalue weighted by molar-refractivity contribution is -0.112. The van der Waals surface area contributed by atoms with Crippen LogP contribution in [-0.2, 0) is 4.79 Å². The molecule has 19 heavy (non-hydrogen) atoms. The van der Waals surface area contributed by atoms with E-state index in [2.05, 4.69) is 10.6 Å². The van der Waals surface area contributed by atoms with Crippen LogP contribution >= 0.6 is 0 Å². The predicted molar refractivity (Wildman–Crippen MR) is 69.1 cm³/mol. The van der Waals surface area contributed by atoms with E-state index in [0.717, 1.165) is 11.6 Å². The molecular weight excluding hydrogens is 249 g/mol. The second-order valence-electron chi connectivity index (χ2n) is 4.35. The number of carbonyl (C=O) groups excluding carboxylic acids is 2. The third-order valence-corrected chi connectivity index (χ3v) is 3.04. The molecule has 1 heterocycles. The van der Waals surface area contributed by atoms with Crippen molar-refractivity contribution < 1.29 is 14.0 Å². The lowest BCUT2D eigenvalue weighted by atomic mass is 10.0. The van der Waals surface area contributed by atoms with E-state index in [0.29, 0.717) is 24.4 Å². The van der Waals surface area contributed by atoms with Crippen molar-refractivity contribution in [2.45, 2.75) is 6.92 Å². The maximum Gasteiger partial charge on any atom is 0.251 e. The predicted octanol–water partition coefficient (Wildman–Crippen LogP) is 0.783. The Labute approximate surface area is 109 Å². The summed E-state index contributed by atoms with van der Waals surface area (Å²) in [6.45, 7) is 3.13. The highest BCUT2D eigenvalue weighted by molar-refractivity contribution is 6.04. The molecule has 4 N–H and O–H groups in total. The molecular formula is C13H14FN3O2. The Morgan fingerprint density at radius 2 is 2.05 bits per heavy atom. The van der Waals surface area contributed by atoms with Gasteiger partial charge < -0.3 is 16.4 Å². The highest BCUT2D eigenvalue weighted by Crippen LogP contribution is 2.16. The number of amides is 2. The smallest absolute Gasteiger partial charge is 0.251 e. The average molecular weight is 263 g/mol. The third kappa shape index (κ3) is 2.79. The number of benzene rings is 1. The van der Waals surface area contributed by atoms with Crippen molar-refractivity contribution in [3.05, 3.63) is 40.7 Å². The first kappa shape index (κ1) is 13.2. The van der Waals surface area contributed by atoms with Gasteiger partial charge in [0.05, 0.1) is 5.56 Å². The quantitative estimate of drug-likeness (QED) is 0.705. The highest BCUT2D eigenvalue weighted by Gasteiger charge is 2.17. The summed E-state index contributed by atoms with van der Waals surface area (Å²) in [4.78, 5) is 22.9. The molecule has 6 heteroatoms. The molecule has 1 aromatic carbocycles. The molecule has 1 saturated heterocycles. The van der Waals surface area contributed by atoms with Crippen LogP contribution in [0.15, 0.2) is 29.3 Å². The number of rotatable bonds is 3. The number of hydrogen-bond donors (Lipinski definition) is 3. The molecule has 0 radical (unpaired) electrons. The summed E-state index contributed by atoms with van der Waals surface area (Å²) in [6.07, 6.45) is 0. The Balaban J connectivity index is 2.17. The van der Waals surface area contributed by atoms with Crippen molar-refractivity contribution in [3.63, 3.8) is 0 Å². The van der Waals surface area contributed by atoms with Gasteiger partial charge in [0.15, 0.2) is 0 Å². The monoisotopic (exact) mass is 263 g/mol. The number of primary amides is 1. The number of hydrogen-bond acceptors (Lipinski definition) is 3. The molecule has 0 bridgehead atoms. The van der Waals surface area contributed by atoms with Crippen molar-refractivity contribution >= 4 is 17.5 Å². The minimum Gasteiger partial charge on any atom is -0.366 e. The van der Waals surface area contributed by atoms with Crippen molar-refractivity contribution in [3.8, 4) is 0 Å². The molecule has 1 aromatic rings. The number of anilines is 1. The number of nitrogens with two attached hydrogens (primary N) is 1. The van der Waals surface area contributed by atoms with Crippen molar-refractivity contribution in [1.82, 2.24) is 5.32 Å². The molecule has 1 fully saturated rings. The van der Waals surface area contributed by atoms with E-state index in [1.54, 1.807) is 6.92 Å². The Kier molecular flexibility index (Phi) is 3.62. The topological polar surface area (TPSA) is 84.2 Å². The van der Waals surface area contributed by atoms with Gasteiger partial charge in [0.2, 0.25) is 0 Å². The van der Waals surface area contributed by atoms with Gasteiger partial charge in [0.25, 0.3) is 11.8 Å². The molecule has 0 aromatic heterocycles. The van der Waals surface area contributed by atoms with Gasteiger partial charge >= 0.3 is 0 Å². The van der Waals surface area contributed by atoms with Crippen LogP contribution in [-0.4, -0.2) is 24.9 Å². The molecule has 1 aliphatic heterocycles. The summed E-state index contributed by atoms with van der Waals surface area (Å²) in [7, 11) is 0. The van der Waals surface area contributed by atoms with Gasteiger partial charge in [-0.25, -0.2) is 4.39 Å². The van der Waals surface area contributed by atoms with Gasteiger partial charge in [0.1, 0.15) is 5.82 Å². The standard InChI is InChI=1S/C13H14FN3O2/c1-7(8-5-16-6-8)13(19)17-9-2-3-11(14)10(4-9)12(15)18/h2-4,16H,5-6H2,1H3,(H2,15,18)(H,17,19). The largest absolute Gasteiger partial charge is 0.366 e. The van der Waals surface area contributed by atoms with Crippen LogP contribution in [0.25, 0.3) is 0 Å². The molecule has 0 aliphatic carbocycles. The van der Waals surface area contributed by atoms with Crippen LogP contribution in [0.2, 0.25) is 0 Å². The van der Waals surface area contributed by atoms with Gasteiger partial charge in [-0.2, -0.15) is 0 Å². The molecule has 0 unspecified atom stereocenters. The van der Waals surface area contributed by atoms with E-state index in [-0.39, 0.29) is 11.5 Å². The van der Waals surface area contributed by atoms with Crippen LogP contribution in [0, 0.1) is 5.82 Å². The van der Waals surface area contributed by atoms with E-state index >= 15 is 0 Å². The number of nitrogens with one attached hydrogen (secondary N) is 2. The normalized spacial score (nSPS) is 13.7. The van der Waals surface area contributed by atoms with Gasteiger partial charge in [-0.1, -0.05) is 0 Å². The minimum atomic E-state index is -0.869. The Morgan fingerprint density at radius 1 is 1.37 bits per heavy atom. The Morgan fingerprint density at radius 3 is 2.58 bits per heavy atom. The van der Waals surface area contributed by atoms with Crippen LogP contribution < -0.4 is 16.4 Å². The lowest BCUT2D eigenvalue weighted by Gasteiger charge is -2.21. The van der Waals surface area contributed by atoms with E-state index in [9.17, 15) is 14.0 Å². The molecule has 5 nitrogen and oxygen atoms in total. The maximum atomic E-state index is 13.3. The number of halogens is 1. The maximum absolute atomic E-state index is 13.3. The van der Waals surface area contributed by atoms with Crippen molar-refractivity contribution in [2.24, 2.45) is 5.73 Å². The molecule has 100 valence electrons. The molecule has 0 spiro atoms. The molecule has 1 aliphatic rings. The van der Waals surface area contributed by atoms with Crippen LogP contribution in [0.5, 0.6) is 0 Å². The fourth-order valence-electron chi connectivity index (χ4n) is 1.69. The highest BCUT2D eigenvalue weighted by atomic mass is 19.1. The third-order valence-electron chi connectivity index (χ3n) is 3.04. The zero-order valence-corrected chi connectivity index (χ0v) is 10.4. The van der Waals surface area contributed by atoms with Crippen molar-refractivity contribution in [1.29, 1.82) is 0 Å². The zero-order valence-electron chi connectivity index (χ0n) is 10.4. The number of carbonyl (C=O) groups is 2. The molecule has 0 saturated carbocycles. The van der Waals surface area contributed by atoms with Crippen LogP contribution in [0.3, 0.4) is 0 Å². The lowest BCUT2D eigenvalue weighted by Crippen LogP contribution is -2.36. The van der Waals surface area contributed by atoms with E-state index in [1.165, 1.54) is 12.1 Å². The fourth-order valence-corrected chi connectivity index (χ4v) is 1.69. The van der Waals surface area contributed by atoms with Gasteiger partial charge in [-0.15, -0.1) is 0 Å². The van der Waals surface area contributed by atoms with Crippen LogP contribution in [0.4, 0.5) is 10.1 Å². The second kappa shape index (κ2) is 5.19. The Hall–Kier alpha value is -2.21. The first-order valence-corrected chi connectivity index (χ1v) is 5.79. The fraction of sp³-hybridized carbons (Fsp3) is 0.231. The van der Waals surface area contributed by atoms with Crippen LogP contribution in [0.1, 0.15) is 17.3 Å². The van der Waals surface area contributed by atoms with E-state index in [1.807, 2.05) is 0 Å². The zero-order chi connectivity index (χ0) is 14.0. The van der Waals surface area contributed by atoms with Crippen molar-refractivity contribution in [2.75, 3.05) is 18.4 Å². The molecule has 2 amide bonds. The summed E-state index contributed by atoms with van der Waals surface area (Å²) in [5, 5.41) is 5.66. The average Bonchev–Trinajstić information content (AvgIpc) is 2.28. The SMILES string of the molecule is CC(C(=O)Nc1ccc(F)c(C(N)=O)c1)=C1CNC1. The second-order valence-corrected chi connectivity index (χ2v) is 4.35. The van der Waals surface area contributed by atoms with Gasteiger partial charge in [-0.05, 0) is 30.7 Å². The summed E-state index contributed by atoms with van der Waals surface area (Å²) >= 11 is 0. The summed E-state index contributed by atoms with van der Waals surface area (Å²) < 4.78 is 13.3. The van der Waals surface area contributed by atoms with E-state index in [4.69, 9.17) is 5.73 Å². The summed E-state index contributed by atoms with van der Waals surface area (Å²) in [5.41, 5.74) is 6.81. The Bertz CT molecular complexity index is 575.